The number of hydrogen-bond acceptors (Lipinski definition) is 2. The van der Waals surface area contributed by atoms with Crippen LogP contribution < -0.4 is 5.73 Å². The first-order valence-corrected chi connectivity index (χ1v) is 6.43. The van der Waals surface area contributed by atoms with Crippen molar-refractivity contribution < 1.29 is 4.79 Å². The predicted octanol–water partition coefficient (Wildman–Crippen LogP) is 1.56. The van der Waals surface area contributed by atoms with Gasteiger partial charge in [0.1, 0.15) is 0 Å². The van der Waals surface area contributed by atoms with Crippen molar-refractivity contribution in [3.05, 3.63) is 0 Å². The first-order valence-electron chi connectivity index (χ1n) is 6.03. The van der Waals surface area contributed by atoms with E-state index in [0.717, 1.165) is 31.7 Å². The molecule has 2 saturated carbocycles. The van der Waals surface area contributed by atoms with Gasteiger partial charge in [-0.1, -0.05) is 25.6 Å². The highest BCUT2D eigenvalue weighted by Gasteiger charge is 2.49. The third-order valence-corrected chi connectivity index (χ3v) is 4.61. The smallest absolute Gasteiger partial charge is 0.235 e. The standard InChI is InChI=1S/C12H20N2OS/c1-8-6-9(8)7-14(2)11(15)12(10(13)16)4-3-5-12/h8-9H,3-7H2,1-2H3,(H2,13,16). The molecule has 0 aromatic heterocycles. The molecule has 3 nitrogen and oxygen atoms in total. The molecule has 2 aliphatic rings. The molecule has 2 unspecified atom stereocenters. The molecule has 16 heavy (non-hydrogen) atoms. The molecule has 0 bridgehead atoms. The number of thiocarbonyl (C=S) groups is 1. The van der Waals surface area contributed by atoms with Gasteiger partial charge in [0.05, 0.1) is 10.4 Å². The molecule has 0 spiro atoms. The topological polar surface area (TPSA) is 46.3 Å². The second kappa shape index (κ2) is 3.99. The van der Waals surface area contributed by atoms with Crippen molar-refractivity contribution in [1.82, 2.24) is 4.90 Å². The lowest BCUT2D eigenvalue weighted by molar-refractivity contribution is -0.140. The van der Waals surface area contributed by atoms with E-state index in [0.29, 0.717) is 10.9 Å². The van der Waals surface area contributed by atoms with Crippen molar-refractivity contribution in [3.63, 3.8) is 0 Å². The Hall–Kier alpha value is -0.640. The van der Waals surface area contributed by atoms with Gasteiger partial charge in [-0.05, 0) is 31.1 Å². The number of rotatable bonds is 4. The fourth-order valence-corrected chi connectivity index (χ4v) is 2.84. The first-order chi connectivity index (χ1) is 7.47. The van der Waals surface area contributed by atoms with Gasteiger partial charge >= 0.3 is 0 Å². The first kappa shape index (κ1) is 11.8. The Balaban J connectivity index is 1.97. The van der Waals surface area contributed by atoms with E-state index in [1.54, 1.807) is 0 Å². The van der Waals surface area contributed by atoms with Crippen molar-refractivity contribution in [2.24, 2.45) is 23.0 Å². The van der Waals surface area contributed by atoms with Gasteiger partial charge < -0.3 is 10.6 Å². The molecule has 0 radical (unpaired) electrons. The minimum Gasteiger partial charge on any atom is -0.392 e. The minimum absolute atomic E-state index is 0.144. The molecule has 1 amide bonds. The van der Waals surface area contributed by atoms with Crippen LogP contribution in [-0.2, 0) is 4.79 Å². The summed E-state index contributed by atoms with van der Waals surface area (Å²) in [7, 11) is 1.88. The molecule has 0 aromatic rings. The average molecular weight is 240 g/mol. The molecule has 2 atom stereocenters. The van der Waals surface area contributed by atoms with E-state index in [1.165, 1.54) is 6.42 Å². The second-order valence-electron chi connectivity index (χ2n) is 5.46. The van der Waals surface area contributed by atoms with Gasteiger partial charge in [-0.25, -0.2) is 0 Å². The predicted molar refractivity (Wildman–Crippen MR) is 68.0 cm³/mol. The molecule has 0 saturated heterocycles. The monoisotopic (exact) mass is 240 g/mol. The highest BCUT2D eigenvalue weighted by Crippen LogP contribution is 2.44. The Morgan fingerprint density at radius 3 is 2.44 bits per heavy atom. The number of amides is 1. The van der Waals surface area contributed by atoms with Crippen LogP contribution >= 0.6 is 12.2 Å². The van der Waals surface area contributed by atoms with E-state index in [2.05, 4.69) is 6.92 Å². The second-order valence-corrected chi connectivity index (χ2v) is 5.90. The number of carbonyl (C=O) groups excluding carboxylic acids is 1. The van der Waals surface area contributed by atoms with E-state index in [4.69, 9.17) is 18.0 Å². The fraction of sp³-hybridized carbons (Fsp3) is 0.833. The van der Waals surface area contributed by atoms with Crippen molar-refractivity contribution in [3.8, 4) is 0 Å². The summed E-state index contributed by atoms with van der Waals surface area (Å²) >= 11 is 5.06. The van der Waals surface area contributed by atoms with Crippen LogP contribution in [0, 0.1) is 17.3 Å². The third-order valence-electron chi connectivity index (χ3n) is 4.22. The van der Waals surface area contributed by atoms with E-state index < -0.39 is 5.41 Å². The summed E-state index contributed by atoms with van der Waals surface area (Å²) in [6, 6.07) is 0. The Bertz CT molecular complexity index is 325. The van der Waals surface area contributed by atoms with Crippen LogP contribution in [0.5, 0.6) is 0 Å². The van der Waals surface area contributed by atoms with Crippen LogP contribution in [0.25, 0.3) is 0 Å². The largest absolute Gasteiger partial charge is 0.392 e. The zero-order chi connectivity index (χ0) is 11.9. The molecule has 4 heteroatoms. The average Bonchev–Trinajstić information content (AvgIpc) is 2.78. The fourth-order valence-electron chi connectivity index (χ4n) is 2.55. The minimum atomic E-state index is -0.498. The summed E-state index contributed by atoms with van der Waals surface area (Å²) in [6.07, 6.45) is 3.99. The summed E-state index contributed by atoms with van der Waals surface area (Å²) in [5.41, 5.74) is 5.23. The lowest BCUT2D eigenvalue weighted by atomic mass is 9.67. The summed E-state index contributed by atoms with van der Waals surface area (Å²) in [5, 5.41) is 0. The van der Waals surface area contributed by atoms with Gasteiger partial charge in [0.15, 0.2) is 0 Å². The van der Waals surface area contributed by atoms with Gasteiger partial charge in [-0.15, -0.1) is 0 Å². The van der Waals surface area contributed by atoms with E-state index in [1.807, 2.05) is 11.9 Å². The maximum atomic E-state index is 12.3. The molecule has 90 valence electrons. The van der Waals surface area contributed by atoms with Crippen molar-refractivity contribution >= 4 is 23.1 Å². The zero-order valence-corrected chi connectivity index (χ0v) is 10.8. The van der Waals surface area contributed by atoms with Gasteiger partial charge in [-0.3, -0.25) is 4.79 Å². The quantitative estimate of drug-likeness (QED) is 0.759. The Labute approximate surface area is 102 Å². The molecule has 2 fully saturated rings. The maximum Gasteiger partial charge on any atom is 0.235 e. The number of hydrogen-bond donors (Lipinski definition) is 1. The van der Waals surface area contributed by atoms with E-state index in [9.17, 15) is 4.79 Å². The number of nitrogens with zero attached hydrogens (tertiary/aromatic N) is 1. The van der Waals surface area contributed by atoms with Crippen LogP contribution in [-0.4, -0.2) is 29.4 Å². The highest BCUT2D eigenvalue weighted by atomic mass is 32.1. The highest BCUT2D eigenvalue weighted by molar-refractivity contribution is 7.80. The summed E-state index contributed by atoms with van der Waals surface area (Å²) in [6.45, 7) is 3.10. The summed E-state index contributed by atoms with van der Waals surface area (Å²) in [4.78, 5) is 14.5. The van der Waals surface area contributed by atoms with Crippen molar-refractivity contribution in [2.45, 2.75) is 32.6 Å². The van der Waals surface area contributed by atoms with Crippen LogP contribution in [0.2, 0.25) is 0 Å². The molecule has 2 aliphatic carbocycles. The van der Waals surface area contributed by atoms with Crippen LogP contribution in [0.15, 0.2) is 0 Å². The third kappa shape index (κ3) is 1.83. The van der Waals surface area contributed by atoms with E-state index >= 15 is 0 Å². The van der Waals surface area contributed by atoms with Gasteiger partial charge in [0.2, 0.25) is 5.91 Å². The Morgan fingerprint density at radius 2 is 2.12 bits per heavy atom. The van der Waals surface area contributed by atoms with Gasteiger partial charge in [-0.2, -0.15) is 0 Å². The molecule has 2 rings (SSSR count). The lowest BCUT2D eigenvalue weighted by Crippen LogP contribution is -2.53. The molecular formula is C12H20N2OS. The molecule has 2 N–H and O–H groups in total. The van der Waals surface area contributed by atoms with E-state index in [-0.39, 0.29) is 5.91 Å². The number of nitrogens with two attached hydrogens (primary N) is 1. The molecule has 0 aliphatic heterocycles. The van der Waals surface area contributed by atoms with Crippen molar-refractivity contribution in [1.29, 1.82) is 0 Å². The maximum absolute atomic E-state index is 12.3. The number of carbonyl (C=O) groups is 1. The molecular weight excluding hydrogens is 220 g/mol. The Morgan fingerprint density at radius 1 is 1.56 bits per heavy atom. The van der Waals surface area contributed by atoms with Crippen LogP contribution in [0.4, 0.5) is 0 Å². The summed E-state index contributed by atoms with van der Waals surface area (Å²) < 4.78 is 0. The zero-order valence-electron chi connectivity index (χ0n) is 10.0. The van der Waals surface area contributed by atoms with Crippen molar-refractivity contribution in [2.75, 3.05) is 13.6 Å². The van der Waals surface area contributed by atoms with Crippen LogP contribution in [0.1, 0.15) is 32.6 Å². The normalized spacial score (nSPS) is 30.4. The lowest BCUT2D eigenvalue weighted by Gasteiger charge is -2.41. The Kier molecular flexibility index (Phi) is 2.95. The molecule has 0 aromatic carbocycles. The SMILES string of the molecule is CC1CC1CN(C)C(=O)C1(C(N)=S)CCC1. The van der Waals surface area contributed by atoms with Gasteiger partial charge in [0, 0.05) is 13.6 Å². The summed E-state index contributed by atoms with van der Waals surface area (Å²) in [5.74, 6) is 1.61. The molecule has 0 heterocycles. The van der Waals surface area contributed by atoms with Gasteiger partial charge in [0.25, 0.3) is 0 Å². The van der Waals surface area contributed by atoms with Crippen LogP contribution in [0.3, 0.4) is 0 Å².